The second-order valence-corrected chi connectivity index (χ2v) is 7.71. The van der Waals surface area contributed by atoms with E-state index in [-0.39, 0.29) is 11.5 Å². The van der Waals surface area contributed by atoms with E-state index in [4.69, 9.17) is 11.5 Å². The maximum Gasteiger partial charge on any atom is 0.354 e. The Hall–Kier alpha value is -2.18. The second-order valence-electron chi connectivity index (χ2n) is 7.71. The molecule has 2 unspecified atom stereocenters. The highest BCUT2D eigenvalue weighted by Crippen LogP contribution is 2.45. The van der Waals surface area contributed by atoms with E-state index in [1.165, 1.54) is 30.6 Å². The van der Waals surface area contributed by atoms with Crippen LogP contribution >= 0.6 is 0 Å². The minimum atomic E-state index is -0.332. The van der Waals surface area contributed by atoms with Crippen molar-refractivity contribution in [2.45, 2.75) is 31.3 Å². The fraction of sp³-hybridized carbons (Fsp3) is 0.474. The summed E-state index contributed by atoms with van der Waals surface area (Å²) in [7, 11) is 0. The van der Waals surface area contributed by atoms with Crippen LogP contribution in [0.5, 0.6) is 0 Å². The van der Waals surface area contributed by atoms with Crippen molar-refractivity contribution >= 4 is 5.82 Å². The van der Waals surface area contributed by atoms with Crippen LogP contribution in [0.2, 0.25) is 0 Å². The molecule has 5 rings (SSSR count). The van der Waals surface area contributed by atoms with Gasteiger partial charge in [-0.25, -0.2) is 4.79 Å². The summed E-state index contributed by atoms with van der Waals surface area (Å²) in [5.41, 5.74) is 14.9. The van der Waals surface area contributed by atoms with E-state index in [9.17, 15) is 4.79 Å². The quantitative estimate of drug-likeness (QED) is 0.836. The van der Waals surface area contributed by atoms with Gasteiger partial charge in [0.1, 0.15) is 5.82 Å². The van der Waals surface area contributed by atoms with Crippen molar-refractivity contribution in [2.75, 3.05) is 18.8 Å². The van der Waals surface area contributed by atoms with E-state index in [0.717, 1.165) is 30.4 Å². The SMILES string of the molecule is Nc1ccn(-c2ccc3c(c2)CCC(N2C[C@@H]4C(N)[C@@H]4C2)C3)c(=O)n1. The average molecular weight is 337 g/mol. The molecule has 1 aliphatic heterocycles. The zero-order valence-electron chi connectivity index (χ0n) is 14.1. The van der Waals surface area contributed by atoms with Crippen LogP contribution in [0, 0.1) is 11.8 Å². The Morgan fingerprint density at radius 2 is 1.92 bits per heavy atom. The van der Waals surface area contributed by atoms with E-state index >= 15 is 0 Å². The minimum absolute atomic E-state index is 0.255. The molecule has 130 valence electrons. The predicted molar refractivity (Wildman–Crippen MR) is 96.6 cm³/mol. The first-order valence-electron chi connectivity index (χ1n) is 9.07. The van der Waals surface area contributed by atoms with Crippen molar-refractivity contribution in [2.24, 2.45) is 17.6 Å². The number of benzene rings is 1. The summed E-state index contributed by atoms with van der Waals surface area (Å²) >= 11 is 0. The molecule has 2 fully saturated rings. The van der Waals surface area contributed by atoms with Crippen molar-refractivity contribution in [1.29, 1.82) is 0 Å². The van der Waals surface area contributed by atoms with Gasteiger partial charge in [0.05, 0.1) is 5.69 Å². The molecule has 2 aromatic rings. The standard InChI is InChI=1S/C19H23N5O/c20-17-5-6-24(19(25)22-17)14-4-2-11-7-13(3-1-12(11)8-14)23-9-15-16(10-23)18(15)21/h2,4-6,8,13,15-16,18H,1,3,7,9-10,21H2,(H2,20,22,25)/t13?,15-,16+,18?. The number of aromatic nitrogens is 2. The molecule has 0 spiro atoms. The van der Waals surface area contributed by atoms with Crippen molar-refractivity contribution in [3.63, 3.8) is 0 Å². The molecule has 1 aromatic carbocycles. The summed E-state index contributed by atoms with van der Waals surface area (Å²) in [5.74, 6) is 1.74. The number of nitrogens with two attached hydrogens (primary N) is 2. The number of nitrogens with zero attached hydrogens (tertiary/aromatic N) is 3. The first kappa shape index (κ1) is 15.1. The van der Waals surface area contributed by atoms with Crippen LogP contribution in [0.1, 0.15) is 17.5 Å². The number of piperidine rings is 1. The zero-order valence-corrected chi connectivity index (χ0v) is 14.1. The Bertz CT molecular complexity index is 880. The molecule has 4 atom stereocenters. The van der Waals surface area contributed by atoms with Gasteiger partial charge in [0.15, 0.2) is 0 Å². The minimum Gasteiger partial charge on any atom is -0.383 e. The molecule has 1 saturated heterocycles. The normalized spacial score (nSPS) is 30.8. The molecule has 6 nitrogen and oxygen atoms in total. The van der Waals surface area contributed by atoms with Gasteiger partial charge in [0, 0.05) is 31.4 Å². The largest absolute Gasteiger partial charge is 0.383 e. The van der Waals surface area contributed by atoms with Gasteiger partial charge >= 0.3 is 5.69 Å². The highest BCUT2D eigenvalue weighted by atomic mass is 16.1. The number of hydrogen-bond acceptors (Lipinski definition) is 5. The Morgan fingerprint density at radius 1 is 1.12 bits per heavy atom. The summed E-state index contributed by atoms with van der Waals surface area (Å²) in [5, 5.41) is 0. The van der Waals surface area contributed by atoms with Crippen molar-refractivity contribution in [1.82, 2.24) is 14.5 Å². The Balaban J connectivity index is 1.37. The lowest BCUT2D eigenvalue weighted by Gasteiger charge is -2.34. The molecule has 1 aromatic heterocycles. The Morgan fingerprint density at radius 3 is 2.68 bits per heavy atom. The number of likely N-dealkylation sites (tertiary alicyclic amines) is 1. The van der Waals surface area contributed by atoms with Crippen molar-refractivity contribution in [3.05, 3.63) is 52.1 Å². The lowest BCUT2D eigenvalue weighted by Crippen LogP contribution is -2.40. The number of nitrogen functional groups attached to an aromatic ring is 1. The average Bonchev–Trinajstić information content (AvgIpc) is 3.03. The van der Waals surface area contributed by atoms with Gasteiger partial charge in [-0.15, -0.1) is 0 Å². The number of anilines is 1. The molecule has 2 heterocycles. The molecule has 1 saturated carbocycles. The molecular formula is C19H23N5O. The van der Waals surface area contributed by atoms with E-state index in [1.54, 1.807) is 16.8 Å². The lowest BCUT2D eigenvalue weighted by molar-refractivity contribution is 0.197. The fourth-order valence-electron chi connectivity index (χ4n) is 4.70. The first-order valence-corrected chi connectivity index (χ1v) is 9.07. The number of fused-ring (bicyclic) bond motifs is 2. The number of aryl methyl sites for hydroxylation is 1. The summed E-state index contributed by atoms with van der Waals surface area (Å²) in [6.45, 7) is 2.35. The second kappa shape index (κ2) is 5.41. The molecule has 2 aliphatic carbocycles. The molecular weight excluding hydrogens is 314 g/mol. The lowest BCUT2D eigenvalue weighted by atomic mass is 9.87. The third-order valence-electron chi connectivity index (χ3n) is 6.30. The van der Waals surface area contributed by atoms with Crippen LogP contribution in [0.3, 0.4) is 0 Å². The van der Waals surface area contributed by atoms with E-state index in [0.29, 0.717) is 12.1 Å². The molecule has 25 heavy (non-hydrogen) atoms. The predicted octanol–water partition coefficient (Wildman–Crippen LogP) is 0.561. The van der Waals surface area contributed by atoms with Crippen LogP contribution in [-0.2, 0) is 12.8 Å². The molecule has 6 heteroatoms. The number of hydrogen-bond donors (Lipinski definition) is 2. The maximum absolute atomic E-state index is 12.1. The zero-order chi connectivity index (χ0) is 17.1. The molecule has 0 amide bonds. The highest BCUT2D eigenvalue weighted by Gasteiger charge is 2.54. The van der Waals surface area contributed by atoms with Gasteiger partial charge in [0.25, 0.3) is 0 Å². The highest BCUT2D eigenvalue weighted by molar-refractivity contribution is 5.43. The number of rotatable bonds is 2. The third kappa shape index (κ3) is 2.48. The fourth-order valence-corrected chi connectivity index (χ4v) is 4.70. The monoisotopic (exact) mass is 337 g/mol. The van der Waals surface area contributed by atoms with Gasteiger partial charge in [-0.3, -0.25) is 9.47 Å². The van der Waals surface area contributed by atoms with Crippen LogP contribution < -0.4 is 17.2 Å². The van der Waals surface area contributed by atoms with Gasteiger partial charge in [-0.1, -0.05) is 6.07 Å². The topological polar surface area (TPSA) is 90.2 Å². The Labute approximate surface area is 146 Å². The molecule has 4 N–H and O–H groups in total. The molecule has 3 aliphatic rings. The van der Waals surface area contributed by atoms with Crippen LogP contribution in [0.25, 0.3) is 5.69 Å². The summed E-state index contributed by atoms with van der Waals surface area (Å²) in [6, 6.07) is 9.06. The smallest absolute Gasteiger partial charge is 0.354 e. The first-order chi connectivity index (χ1) is 12.1. The van der Waals surface area contributed by atoms with Crippen LogP contribution in [0.4, 0.5) is 5.82 Å². The maximum atomic E-state index is 12.1. The van der Waals surface area contributed by atoms with Gasteiger partial charge < -0.3 is 11.5 Å². The third-order valence-corrected chi connectivity index (χ3v) is 6.30. The summed E-state index contributed by atoms with van der Waals surface area (Å²) < 4.78 is 1.55. The molecule has 0 radical (unpaired) electrons. The summed E-state index contributed by atoms with van der Waals surface area (Å²) in [6.07, 6.45) is 5.03. The van der Waals surface area contributed by atoms with E-state index in [1.807, 2.05) is 6.07 Å². The van der Waals surface area contributed by atoms with Crippen LogP contribution in [0.15, 0.2) is 35.3 Å². The van der Waals surface area contributed by atoms with Gasteiger partial charge in [-0.05, 0) is 60.4 Å². The van der Waals surface area contributed by atoms with Crippen LogP contribution in [-0.4, -0.2) is 39.6 Å². The Kier molecular flexibility index (Phi) is 3.27. The van der Waals surface area contributed by atoms with E-state index < -0.39 is 0 Å². The van der Waals surface area contributed by atoms with Crippen molar-refractivity contribution in [3.8, 4) is 5.69 Å². The van der Waals surface area contributed by atoms with Gasteiger partial charge in [-0.2, -0.15) is 4.98 Å². The van der Waals surface area contributed by atoms with E-state index in [2.05, 4.69) is 22.0 Å². The van der Waals surface area contributed by atoms with Crippen molar-refractivity contribution < 1.29 is 0 Å². The van der Waals surface area contributed by atoms with Gasteiger partial charge in [0.2, 0.25) is 0 Å². The summed E-state index contributed by atoms with van der Waals surface area (Å²) in [4.78, 5) is 18.5. The molecule has 0 bridgehead atoms.